The number of thiazole rings is 1. The second-order valence-electron chi connectivity index (χ2n) is 8.03. The Morgan fingerprint density at radius 2 is 1.67 bits per heavy atom. The molecule has 0 atom stereocenters. The van der Waals surface area contributed by atoms with Crippen molar-refractivity contribution in [3.05, 3.63) is 59.0 Å². The number of nitrogens with zero attached hydrogens (tertiary/aromatic N) is 2. The normalized spacial score (nSPS) is 14.9. The van der Waals surface area contributed by atoms with E-state index in [1.807, 2.05) is 12.1 Å². The fourth-order valence-electron chi connectivity index (χ4n) is 3.62. The molecular formula is C25H30N2O2S. The minimum atomic E-state index is 0.544. The molecule has 1 saturated heterocycles. The SMILES string of the molecule is Cc1sc(-c2ccc(C(C)C)cc2)nc1-c1ccc(OCCN2CCOCC2)cc1. The maximum Gasteiger partial charge on any atom is 0.124 e. The van der Waals surface area contributed by atoms with E-state index >= 15 is 0 Å². The number of ether oxygens (including phenoxy) is 2. The Hall–Kier alpha value is -2.21. The number of morpholine rings is 1. The molecule has 0 bridgehead atoms. The van der Waals surface area contributed by atoms with Gasteiger partial charge in [0.2, 0.25) is 0 Å². The van der Waals surface area contributed by atoms with Gasteiger partial charge in [-0.15, -0.1) is 11.3 Å². The van der Waals surface area contributed by atoms with Gasteiger partial charge in [-0.3, -0.25) is 4.90 Å². The summed E-state index contributed by atoms with van der Waals surface area (Å²) >= 11 is 1.75. The van der Waals surface area contributed by atoms with Crippen molar-refractivity contribution in [1.82, 2.24) is 9.88 Å². The van der Waals surface area contributed by atoms with E-state index in [2.05, 4.69) is 62.1 Å². The predicted octanol–water partition coefficient (Wildman–Crippen LogP) is 5.62. The van der Waals surface area contributed by atoms with Gasteiger partial charge in [-0.1, -0.05) is 38.1 Å². The van der Waals surface area contributed by atoms with Crippen molar-refractivity contribution in [1.29, 1.82) is 0 Å². The zero-order chi connectivity index (χ0) is 20.9. The first-order valence-electron chi connectivity index (χ1n) is 10.7. The molecule has 158 valence electrons. The molecule has 0 unspecified atom stereocenters. The molecule has 30 heavy (non-hydrogen) atoms. The first-order chi connectivity index (χ1) is 14.6. The van der Waals surface area contributed by atoms with Crippen LogP contribution in [0, 0.1) is 6.92 Å². The monoisotopic (exact) mass is 422 g/mol. The van der Waals surface area contributed by atoms with Gasteiger partial charge in [0.25, 0.3) is 0 Å². The molecule has 0 N–H and O–H groups in total. The highest BCUT2D eigenvalue weighted by atomic mass is 32.1. The topological polar surface area (TPSA) is 34.6 Å². The summed E-state index contributed by atoms with van der Waals surface area (Å²) in [6, 6.07) is 17.1. The summed E-state index contributed by atoms with van der Waals surface area (Å²) in [7, 11) is 0. The van der Waals surface area contributed by atoms with Crippen LogP contribution in [0.3, 0.4) is 0 Å². The van der Waals surface area contributed by atoms with Crippen molar-refractivity contribution in [2.45, 2.75) is 26.7 Å². The van der Waals surface area contributed by atoms with E-state index in [4.69, 9.17) is 14.5 Å². The molecule has 4 nitrogen and oxygen atoms in total. The van der Waals surface area contributed by atoms with Gasteiger partial charge in [-0.2, -0.15) is 0 Å². The quantitative estimate of drug-likeness (QED) is 0.495. The molecule has 2 aromatic carbocycles. The summed E-state index contributed by atoms with van der Waals surface area (Å²) in [6.45, 7) is 11.9. The summed E-state index contributed by atoms with van der Waals surface area (Å²) in [5.74, 6) is 1.45. The van der Waals surface area contributed by atoms with Gasteiger partial charge in [0.15, 0.2) is 0 Å². The minimum absolute atomic E-state index is 0.544. The lowest BCUT2D eigenvalue weighted by molar-refractivity contribution is 0.0322. The molecule has 3 aromatic rings. The molecule has 2 heterocycles. The number of benzene rings is 2. The summed E-state index contributed by atoms with van der Waals surface area (Å²) in [6.07, 6.45) is 0. The standard InChI is InChI=1S/C25H30N2O2S/c1-18(2)20-4-6-22(7-5-20)25-26-24(19(3)30-25)21-8-10-23(11-9-21)29-17-14-27-12-15-28-16-13-27/h4-11,18H,12-17H2,1-3H3. The molecule has 0 amide bonds. The number of hydrogen-bond donors (Lipinski definition) is 0. The zero-order valence-electron chi connectivity index (χ0n) is 18.1. The lowest BCUT2D eigenvalue weighted by Gasteiger charge is -2.26. The third-order valence-electron chi connectivity index (χ3n) is 5.53. The highest BCUT2D eigenvalue weighted by Gasteiger charge is 2.13. The average molecular weight is 423 g/mol. The second-order valence-corrected chi connectivity index (χ2v) is 9.23. The molecule has 0 aliphatic carbocycles. The highest BCUT2D eigenvalue weighted by molar-refractivity contribution is 7.15. The summed E-state index contributed by atoms with van der Waals surface area (Å²) in [4.78, 5) is 8.55. The van der Waals surface area contributed by atoms with Crippen LogP contribution in [-0.2, 0) is 4.74 Å². The molecule has 0 saturated carbocycles. The molecular weight excluding hydrogens is 392 g/mol. The van der Waals surface area contributed by atoms with E-state index in [-0.39, 0.29) is 0 Å². The molecule has 5 heteroatoms. The number of rotatable bonds is 7. The minimum Gasteiger partial charge on any atom is -0.492 e. The van der Waals surface area contributed by atoms with Crippen molar-refractivity contribution < 1.29 is 9.47 Å². The smallest absolute Gasteiger partial charge is 0.124 e. The van der Waals surface area contributed by atoms with Crippen LogP contribution in [0.5, 0.6) is 5.75 Å². The lowest BCUT2D eigenvalue weighted by atomic mass is 10.0. The Balaban J connectivity index is 1.40. The summed E-state index contributed by atoms with van der Waals surface area (Å²) in [5.41, 5.74) is 4.73. The van der Waals surface area contributed by atoms with Crippen LogP contribution in [0.1, 0.15) is 30.2 Å². The third-order valence-corrected chi connectivity index (χ3v) is 6.55. The highest BCUT2D eigenvalue weighted by Crippen LogP contribution is 2.34. The van der Waals surface area contributed by atoms with Gasteiger partial charge in [-0.25, -0.2) is 4.98 Å². The van der Waals surface area contributed by atoms with Crippen molar-refractivity contribution in [3.63, 3.8) is 0 Å². The van der Waals surface area contributed by atoms with Crippen LogP contribution >= 0.6 is 11.3 Å². The van der Waals surface area contributed by atoms with Gasteiger partial charge in [0.1, 0.15) is 17.4 Å². The van der Waals surface area contributed by atoms with Crippen molar-refractivity contribution >= 4 is 11.3 Å². The maximum absolute atomic E-state index is 5.93. The zero-order valence-corrected chi connectivity index (χ0v) is 18.9. The maximum atomic E-state index is 5.93. The van der Waals surface area contributed by atoms with E-state index < -0.39 is 0 Å². The largest absolute Gasteiger partial charge is 0.492 e. The van der Waals surface area contributed by atoms with Crippen LogP contribution in [0.4, 0.5) is 0 Å². The Bertz CT molecular complexity index is 942. The number of aryl methyl sites for hydroxylation is 1. The molecule has 4 rings (SSSR count). The Labute approximate surface area is 183 Å². The van der Waals surface area contributed by atoms with E-state index in [1.165, 1.54) is 16.0 Å². The van der Waals surface area contributed by atoms with E-state index in [0.717, 1.165) is 54.9 Å². The number of aromatic nitrogens is 1. The van der Waals surface area contributed by atoms with Gasteiger partial charge in [0, 0.05) is 35.6 Å². The first kappa shape index (κ1) is 21.0. The van der Waals surface area contributed by atoms with Crippen molar-refractivity contribution in [2.75, 3.05) is 39.5 Å². The second kappa shape index (κ2) is 9.73. The predicted molar refractivity (Wildman–Crippen MR) is 125 cm³/mol. The average Bonchev–Trinajstić information content (AvgIpc) is 3.17. The van der Waals surface area contributed by atoms with Crippen LogP contribution in [0.15, 0.2) is 48.5 Å². The number of hydrogen-bond acceptors (Lipinski definition) is 5. The fourth-order valence-corrected chi connectivity index (χ4v) is 4.57. The summed E-state index contributed by atoms with van der Waals surface area (Å²) < 4.78 is 11.3. The first-order valence-corrected chi connectivity index (χ1v) is 11.5. The van der Waals surface area contributed by atoms with E-state index in [9.17, 15) is 0 Å². The van der Waals surface area contributed by atoms with Crippen molar-refractivity contribution in [2.24, 2.45) is 0 Å². The van der Waals surface area contributed by atoms with Gasteiger partial charge in [0.05, 0.1) is 18.9 Å². The lowest BCUT2D eigenvalue weighted by Crippen LogP contribution is -2.38. The van der Waals surface area contributed by atoms with Gasteiger partial charge < -0.3 is 9.47 Å². The van der Waals surface area contributed by atoms with Crippen LogP contribution in [-0.4, -0.2) is 49.3 Å². The molecule has 0 radical (unpaired) electrons. The van der Waals surface area contributed by atoms with Gasteiger partial charge in [-0.05, 0) is 42.7 Å². The Kier molecular flexibility index (Phi) is 6.82. The molecule has 1 aliphatic rings. The molecule has 1 fully saturated rings. The third kappa shape index (κ3) is 5.09. The molecule has 1 aliphatic heterocycles. The van der Waals surface area contributed by atoms with Crippen LogP contribution < -0.4 is 4.74 Å². The van der Waals surface area contributed by atoms with Crippen LogP contribution in [0.25, 0.3) is 21.8 Å². The summed E-state index contributed by atoms with van der Waals surface area (Å²) in [5, 5.41) is 1.07. The Morgan fingerprint density at radius 3 is 2.33 bits per heavy atom. The van der Waals surface area contributed by atoms with E-state index in [1.54, 1.807) is 11.3 Å². The Morgan fingerprint density at radius 1 is 1.00 bits per heavy atom. The fraction of sp³-hybridized carbons (Fsp3) is 0.400. The van der Waals surface area contributed by atoms with Crippen molar-refractivity contribution in [3.8, 4) is 27.6 Å². The van der Waals surface area contributed by atoms with Crippen LogP contribution in [0.2, 0.25) is 0 Å². The molecule has 1 aromatic heterocycles. The molecule has 0 spiro atoms. The van der Waals surface area contributed by atoms with Gasteiger partial charge >= 0.3 is 0 Å². The van der Waals surface area contributed by atoms with E-state index in [0.29, 0.717) is 12.5 Å².